The van der Waals surface area contributed by atoms with E-state index in [-0.39, 0.29) is 80.6 Å². The van der Waals surface area contributed by atoms with Crippen LogP contribution in [-0.4, -0.2) is 188 Å². The summed E-state index contributed by atoms with van der Waals surface area (Å²) in [6, 6.07) is 0. The third-order valence-electron chi connectivity index (χ3n) is 12.8. The molecule has 10 heterocycles. The van der Waals surface area contributed by atoms with Crippen molar-refractivity contribution in [3.63, 3.8) is 0 Å². The molecule has 0 aromatic carbocycles. The van der Waals surface area contributed by atoms with Crippen LogP contribution in [0, 0.1) is 0 Å². The fraction of sp³-hybridized carbons (Fsp3) is 0.579. The van der Waals surface area contributed by atoms with Crippen LogP contribution < -0.4 is 17.2 Å². The van der Waals surface area contributed by atoms with E-state index in [1.807, 2.05) is 0 Å². The number of nitrogen functional groups attached to an aromatic ring is 3. The summed E-state index contributed by atoms with van der Waals surface area (Å²) >= 11 is 1.54. The number of nitrogens with two attached hydrogens (primary N) is 3. The first-order valence-electron chi connectivity index (χ1n) is 23.0. The van der Waals surface area contributed by atoms with Gasteiger partial charge in [0.15, 0.2) is 58.2 Å². The zero-order valence-corrected chi connectivity index (χ0v) is 44.5. The van der Waals surface area contributed by atoms with Crippen LogP contribution in [0.5, 0.6) is 0 Å². The van der Waals surface area contributed by atoms with Crippen LogP contribution in [0.4, 0.5) is 17.5 Å². The Morgan fingerprint density at radius 1 is 0.701 bits per heavy atom. The monoisotopic (exact) mass is 1180 g/mol. The molecule has 34 nitrogen and oxygen atoms in total. The van der Waals surface area contributed by atoms with Crippen molar-refractivity contribution in [3.05, 3.63) is 38.0 Å². The van der Waals surface area contributed by atoms with Crippen molar-refractivity contribution in [2.24, 2.45) is 0 Å². The van der Waals surface area contributed by atoms with Crippen molar-refractivity contribution < 1.29 is 89.7 Å². The number of fused-ring (bicyclic) bond motifs is 4. The highest BCUT2D eigenvalue weighted by atomic mass is 32.7. The lowest BCUT2D eigenvalue weighted by Crippen LogP contribution is -2.51. The van der Waals surface area contributed by atoms with Crippen LogP contribution in [0.25, 0.3) is 33.5 Å². The number of aliphatic hydroxyl groups excluding tert-OH is 2. The predicted octanol–water partition coefficient (Wildman–Crippen LogP) is 0.365. The lowest BCUT2D eigenvalue weighted by molar-refractivity contribution is -0.165. The quantitative estimate of drug-likeness (QED) is 0.0356. The molecule has 4 aliphatic heterocycles. The molecule has 0 spiro atoms. The first-order chi connectivity index (χ1) is 36.7. The van der Waals surface area contributed by atoms with Crippen LogP contribution in [0.15, 0.2) is 38.0 Å². The third kappa shape index (κ3) is 11.3. The average Bonchev–Trinajstić information content (AvgIpc) is 4.41. The molecule has 0 amide bonds. The Kier molecular flexibility index (Phi) is 16.1. The van der Waals surface area contributed by atoms with Crippen LogP contribution in [0.3, 0.4) is 0 Å². The first-order valence-corrected chi connectivity index (χ1v) is 30.2. The van der Waals surface area contributed by atoms with E-state index in [1.165, 1.54) is 53.0 Å². The van der Waals surface area contributed by atoms with Gasteiger partial charge in [0.05, 0.1) is 38.8 Å². The lowest BCUT2D eigenvalue weighted by Gasteiger charge is -2.38. The second-order valence-electron chi connectivity index (χ2n) is 17.6. The number of anilines is 3. The van der Waals surface area contributed by atoms with E-state index in [1.54, 1.807) is 0 Å². The molecular formula is C38H50N15O19P3S2. The molecule has 11 N–H and O–H groups in total. The second-order valence-corrected chi connectivity index (χ2v) is 25.7. The maximum atomic E-state index is 14.1. The number of rotatable bonds is 21. The molecular weight excluding hydrogens is 1130 g/mol. The van der Waals surface area contributed by atoms with Crippen molar-refractivity contribution in [3.8, 4) is 0 Å². The Morgan fingerprint density at radius 3 is 1.79 bits per heavy atom. The highest BCUT2D eigenvalue weighted by Gasteiger charge is 2.59. The van der Waals surface area contributed by atoms with Crippen LogP contribution in [-0.2, 0) is 64.8 Å². The maximum Gasteiger partial charge on any atom is 0.472 e. The largest absolute Gasteiger partial charge is 0.472 e. The van der Waals surface area contributed by atoms with E-state index < -0.39 is 115 Å². The number of hydrogen-bond acceptors (Lipinski definition) is 30. The molecule has 6 aromatic heterocycles. The first kappa shape index (κ1) is 55.8. The van der Waals surface area contributed by atoms with Gasteiger partial charge in [-0.3, -0.25) is 41.1 Å². The van der Waals surface area contributed by atoms with Gasteiger partial charge in [0, 0.05) is 32.1 Å². The maximum absolute atomic E-state index is 14.1. The molecule has 77 heavy (non-hydrogen) atoms. The van der Waals surface area contributed by atoms with Crippen molar-refractivity contribution >= 4 is 102 Å². The third-order valence-corrected chi connectivity index (χ3v) is 18.9. The number of phosphoric acid groups is 2. The smallest absolute Gasteiger partial charge is 0.387 e. The summed E-state index contributed by atoms with van der Waals surface area (Å²) < 4.78 is 103. The summed E-state index contributed by atoms with van der Waals surface area (Å²) in [6.45, 7) is -5.05. The molecule has 0 radical (unpaired) electrons. The summed E-state index contributed by atoms with van der Waals surface area (Å²) in [6.07, 6.45) is -8.62. The molecule has 9 unspecified atom stereocenters. The molecule has 0 saturated carbocycles. The van der Waals surface area contributed by atoms with E-state index in [0.29, 0.717) is 17.8 Å². The molecule has 6 aromatic rings. The minimum absolute atomic E-state index is 0.0181. The van der Waals surface area contributed by atoms with Gasteiger partial charge in [0.1, 0.15) is 90.0 Å². The fourth-order valence-electron chi connectivity index (χ4n) is 9.38. The average molecular weight is 1180 g/mol. The zero-order valence-electron chi connectivity index (χ0n) is 40.2. The number of methoxy groups -OCH3 is 1. The minimum atomic E-state index is -5.37. The van der Waals surface area contributed by atoms with Crippen LogP contribution in [0.1, 0.15) is 38.4 Å². The normalized spacial score (nSPS) is 30.9. The van der Waals surface area contributed by atoms with Crippen molar-refractivity contribution in [1.82, 2.24) is 58.6 Å². The molecule has 4 fully saturated rings. The minimum Gasteiger partial charge on any atom is -0.387 e. The van der Waals surface area contributed by atoms with Gasteiger partial charge in [0.25, 0.3) is 0 Å². The number of ether oxygens (including phenoxy) is 5. The van der Waals surface area contributed by atoms with Crippen LogP contribution in [0.2, 0.25) is 0 Å². The van der Waals surface area contributed by atoms with Gasteiger partial charge in [-0.1, -0.05) is 11.8 Å². The Bertz CT molecular complexity index is 3290. The molecule has 4 aliphatic rings. The molecule has 39 heteroatoms. The standard InChI is InChI=1S/C38H50N15O19P3S2/c1-17(54)76-6-7-77-75(61,62)66-9-19-25(63-2)27(37(69-19)53-16-50-22-31(41)44-13-47-34(22)53)72-73(57,58)65-8-18-23(55)26(36(68-18)52-15-49-21-30(40)43-12-46-33(21)52)71-74(59,60)67-10-38-4-3-5-64-28(38)24(56)35(70-38)51-14-48-20-29(39)42-11-45-32(20)51/h11-16,18-19,23-28,35-37,55-56H,3-10H2,1-2H3,(H,57,58)(H,59,60)(H,61,62)(H2,39,42,45)(H2,40,43,46)(H2,41,44,47)/t18-,19-,23?,24?,25?,26?,27?,28?,35-,36-,37-,38-/m1/s1. The van der Waals surface area contributed by atoms with Gasteiger partial charge in [0.2, 0.25) is 0 Å². The molecule has 0 aliphatic carbocycles. The van der Waals surface area contributed by atoms with E-state index in [2.05, 4.69) is 44.9 Å². The summed E-state index contributed by atoms with van der Waals surface area (Å²) in [7, 11) is -9.49. The lowest BCUT2D eigenvalue weighted by atomic mass is 9.89. The number of imidazole rings is 3. The molecule has 0 bridgehead atoms. The summed E-state index contributed by atoms with van der Waals surface area (Å²) in [5.74, 6) is 0.322. The number of carbonyl (C=O) groups excluding carboxylic acids is 1. The Hall–Kier alpha value is -4.49. The second kappa shape index (κ2) is 22.2. The topological polar surface area (TPSA) is 471 Å². The van der Waals surface area contributed by atoms with Crippen molar-refractivity contribution in [1.29, 1.82) is 0 Å². The molecule has 418 valence electrons. The summed E-state index contributed by atoms with van der Waals surface area (Å²) in [5, 5.41) is 23.3. The number of aromatic nitrogens is 12. The number of aliphatic hydroxyl groups is 2. The molecule has 10 rings (SSSR count). The number of carbonyl (C=O) groups is 1. The predicted molar refractivity (Wildman–Crippen MR) is 264 cm³/mol. The van der Waals surface area contributed by atoms with E-state index in [9.17, 15) is 43.4 Å². The Morgan fingerprint density at radius 2 is 1.22 bits per heavy atom. The van der Waals surface area contributed by atoms with E-state index >= 15 is 0 Å². The van der Waals surface area contributed by atoms with Crippen LogP contribution >= 0.6 is 45.6 Å². The fourth-order valence-corrected chi connectivity index (χ4v) is 14.6. The van der Waals surface area contributed by atoms with Crippen molar-refractivity contribution in [2.75, 3.05) is 62.2 Å². The van der Waals surface area contributed by atoms with Gasteiger partial charge in [-0.15, -0.1) is 0 Å². The van der Waals surface area contributed by atoms with Gasteiger partial charge < -0.3 is 65.8 Å². The summed E-state index contributed by atoms with van der Waals surface area (Å²) in [5.41, 5.74) is 17.3. The number of nitrogens with zero attached hydrogens (tertiary/aromatic N) is 12. The van der Waals surface area contributed by atoms with Gasteiger partial charge in [-0.25, -0.2) is 58.6 Å². The van der Waals surface area contributed by atoms with E-state index in [4.69, 9.17) is 63.5 Å². The van der Waals surface area contributed by atoms with E-state index in [0.717, 1.165) is 24.4 Å². The molecule has 4 saturated heterocycles. The number of hydrogen-bond donors (Lipinski definition) is 8. The van der Waals surface area contributed by atoms with Gasteiger partial charge >= 0.3 is 22.4 Å². The highest BCUT2D eigenvalue weighted by Crippen LogP contribution is 2.58. The Balaban J connectivity index is 0.869. The molecule has 15 atom stereocenters. The number of thioether (sulfide) groups is 1. The van der Waals surface area contributed by atoms with Crippen molar-refractivity contribution in [2.45, 2.75) is 92.9 Å². The Labute approximate surface area is 441 Å². The SMILES string of the molecule is COC1C(OP(=O)(O)OC[C@H]2O[C@@H](n3cnc4c(N)ncnc43)C(OP(=O)(O)OC[C@]34CCCOC3C(O)[C@H](n3cnc5c(N)ncnc53)O4)C2O)[C@H](n2cnc3c(N)ncnc32)O[C@@H]1COP(=O)(O)SCCSC(C)=O. The highest BCUT2D eigenvalue weighted by molar-refractivity contribution is 8.55. The van der Waals surface area contributed by atoms with Gasteiger partial charge in [-0.2, -0.15) is 0 Å². The number of phosphoric ester groups is 2. The van der Waals surface area contributed by atoms with Gasteiger partial charge in [-0.05, 0) is 24.2 Å². The summed E-state index contributed by atoms with van der Waals surface area (Å²) in [4.78, 5) is 82.0. The zero-order chi connectivity index (χ0) is 54.6.